The summed E-state index contributed by atoms with van der Waals surface area (Å²) in [5, 5.41) is -0.153. The molecule has 2 saturated heterocycles. The third-order valence-electron chi connectivity index (χ3n) is 3.74. The molecule has 0 N–H and O–H groups in total. The highest BCUT2D eigenvalue weighted by molar-refractivity contribution is 7.81. The van der Waals surface area contributed by atoms with Gasteiger partial charge in [0.25, 0.3) is 0 Å². The Kier molecular flexibility index (Phi) is 4.14. The van der Waals surface area contributed by atoms with Crippen LogP contribution in [0.2, 0.25) is 0 Å². The Morgan fingerprint density at radius 2 is 1.94 bits per heavy atom. The lowest BCUT2D eigenvalue weighted by atomic mass is 10.1. The smallest absolute Gasteiger partial charge is 0.235 e. The summed E-state index contributed by atoms with van der Waals surface area (Å²) in [4.78, 5) is 16.4. The van der Waals surface area contributed by atoms with Gasteiger partial charge in [-0.3, -0.25) is 9.69 Å². The zero-order chi connectivity index (χ0) is 11.5. The summed E-state index contributed by atoms with van der Waals surface area (Å²) in [6.45, 7) is 6.15. The first-order chi connectivity index (χ1) is 7.68. The highest BCUT2D eigenvalue weighted by atomic mass is 32.1. The van der Waals surface area contributed by atoms with E-state index in [1.807, 2.05) is 11.8 Å². The minimum absolute atomic E-state index is 0.153. The third kappa shape index (κ3) is 2.72. The van der Waals surface area contributed by atoms with Crippen molar-refractivity contribution in [3.05, 3.63) is 0 Å². The molecule has 2 fully saturated rings. The minimum atomic E-state index is -0.153. The van der Waals surface area contributed by atoms with Crippen LogP contribution in [0.25, 0.3) is 0 Å². The zero-order valence-corrected chi connectivity index (χ0v) is 11.0. The number of likely N-dealkylation sites (tertiary alicyclic amines) is 2. The molecule has 0 saturated carbocycles. The standard InChI is InChI=1S/C12H22N2OS/c1-10(16)12(15)14-8-5-11(9-14)13-6-3-2-4-7-13/h10-11,16H,2-9H2,1H3. The predicted octanol–water partition coefficient (Wildman–Crippen LogP) is 1.39. The Bertz CT molecular complexity index is 251. The van der Waals surface area contributed by atoms with Crippen molar-refractivity contribution in [2.45, 2.75) is 43.9 Å². The number of nitrogens with zero attached hydrogens (tertiary/aromatic N) is 2. The molecule has 0 aromatic heterocycles. The van der Waals surface area contributed by atoms with E-state index in [0.717, 1.165) is 19.5 Å². The molecule has 2 unspecified atom stereocenters. The molecule has 0 aromatic rings. The molecule has 2 aliphatic heterocycles. The molecule has 2 aliphatic rings. The number of hydrogen-bond acceptors (Lipinski definition) is 3. The number of rotatable bonds is 2. The van der Waals surface area contributed by atoms with Crippen LogP contribution < -0.4 is 0 Å². The zero-order valence-electron chi connectivity index (χ0n) is 10.1. The van der Waals surface area contributed by atoms with Gasteiger partial charge in [0.1, 0.15) is 0 Å². The van der Waals surface area contributed by atoms with E-state index in [1.54, 1.807) is 0 Å². The fraction of sp³-hybridized carbons (Fsp3) is 0.917. The molecular weight excluding hydrogens is 220 g/mol. The average molecular weight is 242 g/mol. The van der Waals surface area contributed by atoms with Gasteiger partial charge in [-0.1, -0.05) is 6.42 Å². The molecule has 2 atom stereocenters. The summed E-state index contributed by atoms with van der Waals surface area (Å²) in [6.07, 6.45) is 5.17. The Morgan fingerprint density at radius 1 is 1.25 bits per heavy atom. The topological polar surface area (TPSA) is 23.6 Å². The van der Waals surface area contributed by atoms with Crippen molar-refractivity contribution in [2.24, 2.45) is 0 Å². The van der Waals surface area contributed by atoms with Crippen LogP contribution in [-0.4, -0.2) is 53.2 Å². The minimum Gasteiger partial charge on any atom is -0.340 e. The molecule has 4 heteroatoms. The maximum Gasteiger partial charge on any atom is 0.235 e. The Labute approximate surface area is 104 Å². The predicted molar refractivity (Wildman–Crippen MR) is 68.9 cm³/mol. The van der Waals surface area contributed by atoms with Gasteiger partial charge in [-0.15, -0.1) is 0 Å². The molecule has 0 spiro atoms. The first-order valence-corrected chi connectivity index (χ1v) is 6.91. The van der Waals surface area contributed by atoms with Crippen molar-refractivity contribution in [2.75, 3.05) is 26.2 Å². The molecular formula is C12H22N2OS. The fourth-order valence-electron chi connectivity index (χ4n) is 2.79. The van der Waals surface area contributed by atoms with Crippen LogP contribution in [0.3, 0.4) is 0 Å². The van der Waals surface area contributed by atoms with Gasteiger partial charge in [0.05, 0.1) is 5.25 Å². The van der Waals surface area contributed by atoms with Gasteiger partial charge in [-0.05, 0) is 39.3 Å². The molecule has 16 heavy (non-hydrogen) atoms. The van der Waals surface area contributed by atoms with Gasteiger partial charge in [-0.2, -0.15) is 12.6 Å². The van der Waals surface area contributed by atoms with Gasteiger partial charge >= 0.3 is 0 Å². The van der Waals surface area contributed by atoms with Crippen LogP contribution >= 0.6 is 12.6 Å². The van der Waals surface area contributed by atoms with Gasteiger partial charge in [0.15, 0.2) is 0 Å². The van der Waals surface area contributed by atoms with E-state index in [0.29, 0.717) is 6.04 Å². The number of carbonyl (C=O) groups is 1. The van der Waals surface area contributed by atoms with Gasteiger partial charge in [0, 0.05) is 19.1 Å². The van der Waals surface area contributed by atoms with Gasteiger partial charge in [-0.25, -0.2) is 0 Å². The van der Waals surface area contributed by atoms with Crippen LogP contribution in [0.4, 0.5) is 0 Å². The van der Waals surface area contributed by atoms with Crippen LogP contribution in [0.5, 0.6) is 0 Å². The van der Waals surface area contributed by atoms with Crippen LogP contribution in [-0.2, 0) is 4.79 Å². The van der Waals surface area contributed by atoms with Crippen molar-refractivity contribution in [1.82, 2.24) is 9.80 Å². The summed E-state index contributed by atoms with van der Waals surface area (Å²) < 4.78 is 0. The fourth-order valence-corrected chi connectivity index (χ4v) is 2.95. The lowest BCUT2D eigenvalue weighted by Crippen LogP contribution is -2.42. The molecule has 0 aliphatic carbocycles. The van der Waals surface area contributed by atoms with Crippen LogP contribution in [0.15, 0.2) is 0 Å². The second kappa shape index (κ2) is 5.41. The molecule has 2 rings (SSSR count). The van der Waals surface area contributed by atoms with E-state index in [-0.39, 0.29) is 11.2 Å². The summed E-state index contributed by atoms with van der Waals surface area (Å²) in [5.41, 5.74) is 0. The van der Waals surface area contributed by atoms with E-state index in [4.69, 9.17) is 0 Å². The summed E-state index contributed by atoms with van der Waals surface area (Å²) in [6, 6.07) is 0.608. The van der Waals surface area contributed by atoms with Crippen molar-refractivity contribution in [1.29, 1.82) is 0 Å². The van der Waals surface area contributed by atoms with Crippen molar-refractivity contribution >= 4 is 18.5 Å². The molecule has 0 bridgehead atoms. The third-order valence-corrected chi connectivity index (χ3v) is 3.96. The molecule has 1 amide bonds. The summed E-state index contributed by atoms with van der Waals surface area (Å²) in [7, 11) is 0. The Hall–Kier alpha value is -0.220. The lowest BCUT2D eigenvalue weighted by Gasteiger charge is -2.32. The Morgan fingerprint density at radius 3 is 2.56 bits per heavy atom. The van der Waals surface area contributed by atoms with Crippen LogP contribution in [0.1, 0.15) is 32.6 Å². The number of amides is 1. The van der Waals surface area contributed by atoms with Gasteiger partial charge in [0.2, 0.25) is 5.91 Å². The van der Waals surface area contributed by atoms with E-state index in [1.165, 1.54) is 32.4 Å². The largest absolute Gasteiger partial charge is 0.340 e. The summed E-state index contributed by atoms with van der Waals surface area (Å²) >= 11 is 4.22. The molecule has 0 aromatic carbocycles. The number of hydrogen-bond donors (Lipinski definition) is 1. The number of piperidine rings is 1. The number of carbonyl (C=O) groups excluding carboxylic acids is 1. The second-order valence-electron chi connectivity index (χ2n) is 5.00. The summed E-state index contributed by atoms with van der Waals surface area (Å²) in [5.74, 6) is 0.197. The molecule has 3 nitrogen and oxygen atoms in total. The van der Waals surface area contributed by atoms with E-state index in [2.05, 4.69) is 17.5 Å². The van der Waals surface area contributed by atoms with E-state index >= 15 is 0 Å². The van der Waals surface area contributed by atoms with E-state index < -0.39 is 0 Å². The van der Waals surface area contributed by atoms with Gasteiger partial charge < -0.3 is 4.90 Å². The molecule has 2 heterocycles. The normalized spacial score (nSPS) is 29.4. The maximum absolute atomic E-state index is 11.8. The van der Waals surface area contributed by atoms with Crippen molar-refractivity contribution < 1.29 is 4.79 Å². The lowest BCUT2D eigenvalue weighted by molar-refractivity contribution is -0.129. The van der Waals surface area contributed by atoms with Crippen molar-refractivity contribution in [3.8, 4) is 0 Å². The van der Waals surface area contributed by atoms with Crippen molar-refractivity contribution in [3.63, 3.8) is 0 Å². The second-order valence-corrected chi connectivity index (χ2v) is 5.77. The average Bonchev–Trinajstić information content (AvgIpc) is 2.78. The van der Waals surface area contributed by atoms with Crippen LogP contribution in [0, 0.1) is 0 Å². The highest BCUT2D eigenvalue weighted by Gasteiger charge is 2.31. The molecule has 92 valence electrons. The Balaban J connectivity index is 1.85. The first-order valence-electron chi connectivity index (χ1n) is 6.39. The monoisotopic (exact) mass is 242 g/mol. The highest BCUT2D eigenvalue weighted by Crippen LogP contribution is 2.21. The maximum atomic E-state index is 11.8. The first kappa shape index (κ1) is 12.2. The quantitative estimate of drug-likeness (QED) is 0.740. The SMILES string of the molecule is CC(S)C(=O)N1CCC(N2CCCCC2)C1. The number of thiol groups is 1. The van der Waals surface area contributed by atoms with E-state index in [9.17, 15) is 4.79 Å². The molecule has 0 radical (unpaired) electrons.